The first-order chi connectivity index (χ1) is 7.75. The van der Waals surface area contributed by atoms with E-state index in [1.165, 1.54) is 0 Å². The summed E-state index contributed by atoms with van der Waals surface area (Å²) in [5.41, 5.74) is 1.56. The number of carboxylic acids is 1. The molecule has 0 aromatic carbocycles. The van der Waals surface area contributed by atoms with Crippen LogP contribution in [0.2, 0.25) is 0 Å². The lowest BCUT2D eigenvalue weighted by atomic mass is 10.2. The van der Waals surface area contributed by atoms with E-state index >= 15 is 0 Å². The van der Waals surface area contributed by atoms with Gasteiger partial charge in [-0.2, -0.15) is 0 Å². The van der Waals surface area contributed by atoms with Crippen molar-refractivity contribution >= 4 is 5.97 Å². The van der Waals surface area contributed by atoms with Gasteiger partial charge < -0.3 is 10.1 Å². The Morgan fingerprint density at radius 2 is 2.25 bits per heavy atom. The number of hydrogen-bond acceptors (Lipinski definition) is 3. The van der Waals surface area contributed by atoms with Crippen molar-refractivity contribution in [3.63, 3.8) is 0 Å². The minimum Gasteiger partial charge on any atom is -0.481 e. The molecule has 2 N–H and O–H groups in total. The highest BCUT2D eigenvalue weighted by atomic mass is 16.4. The maximum Gasteiger partial charge on any atom is 0.303 e. The van der Waals surface area contributed by atoms with E-state index in [1.54, 1.807) is 12.4 Å². The van der Waals surface area contributed by atoms with Gasteiger partial charge in [0.15, 0.2) is 5.82 Å². The number of carboxylic acid groups (broad SMARTS) is 1. The van der Waals surface area contributed by atoms with Crippen LogP contribution in [0.4, 0.5) is 0 Å². The minimum atomic E-state index is -0.811. The van der Waals surface area contributed by atoms with Crippen molar-refractivity contribution in [1.82, 2.24) is 15.0 Å². The highest BCUT2D eigenvalue weighted by molar-refractivity contribution is 5.67. The summed E-state index contributed by atoms with van der Waals surface area (Å²) in [6.07, 6.45) is 3.89. The molecule has 0 bridgehead atoms. The van der Waals surface area contributed by atoms with E-state index in [0.29, 0.717) is 12.2 Å². The zero-order valence-electron chi connectivity index (χ0n) is 8.55. The first-order valence-corrected chi connectivity index (χ1v) is 4.93. The van der Waals surface area contributed by atoms with Crippen LogP contribution in [0.3, 0.4) is 0 Å². The van der Waals surface area contributed by atoms with E-state index < -0.39 is 5.97 Å². The van der Waals surface area contributed by atoms with Gasteiger partial charge in [-0.05, 0) is 18.6 Å². The molecular formula is C11H11N3O2. The van der Waals surface area contributed by atoms with Crippen LogP contribution >= 0.6 is 0 Å². The van der Waals surface area contributed by atoms with Crippen molar-refractivity contribution in [3.8, 4) is 11.5 Å². The van der Waals surface area contributed by atoms with E-state index in [2.05, 4.69) is 15.0 Å². The van der Waals surface area contributed by atoms with Gasteiger partial charge >= 0.3 is 5.97 Å². The van der Waals surface area contributed by atoms with Crippen molar-refractivity contribution < 1.29 is 9.90 Å². The maximum absolute atomic E-state index is 10.4. The molecule has 0 saturated heterocycles. The number of pyridine rings is 1. The normalized spacial score (nSPS) is 10.2. The molecule has 82 valence electrons. The van der Waals surface area contributed by atoms with Gasteiger partial charge in [-0.15, -0.1) is 0 Å². The number of nitrogens with one attached hydrogen (secondary N) is 1. The minimum absolute atomic E-state index is 0.101. The second kappa shape index (κ2) is 4.57. The Balaban J connectivity index is 2.11. The Hall–Kier alpha value is -2.17. The number of imidazole rings is 1. The summed E-state index contributed by atoms with van der Waals surface area (Å²) in [6, 6.07) is 5.55. The van der Waals surface area contributed by atoms with E-state index in [-0.39, 0.29) is 6.42 Å². The van der Waals surface area contributed by atoms with Crippen LogP contribution in [0.25, 0.3) is 11.5 Å². The van der Waals surface area contributed by atoms with Crippen molar-refractivity contribution in [2.75, 3.05) is 0 Å². The third-order valence-corrected chi connectivity index (χ3v) is 2.14. The van der Waals surface area contributed by atoms with Gasteiger partial charge in [0.2, 0.25) is 0 Å². The van der Waals surface area contributed by atoms with Crippen LogP contribution < -0.4 is 0 Å². The van der Waals surface area contributed by atoms with E-state index in [9.17, 15) is 4.79 Å². The van der Waals surface area contributed by atoms with Gasteiger partial charge in [0.05, 0.1) is 6.42 Å². The molecule has 0 radical (unpaired) electrons. The third kappa shape index (κ3) is 2.44. The smallest absolute Gasteiger partial charge is 0.303 e. The number of rotatable bonds is 4. The summed E-state index contributed by atoms with van der Waals surface area (Å²) in [6.45, 7) is 0. The van der Waals surface area contributed by atoms with E-state index in [1.807, 2.05) is 18.2 Å². The second-order valence-corrected chi connectivity index (χ2v) is 3.37. The topological polar surface area (TPSA) is 78.9 Å². The largest absolute Gasteiger partial charge is 0.481 e. The number of aryl methyl sites for hydroxylation is 1. The molecule has 0 aliphatic rings. The third-order valence-electron chi connectivity index (χ3n) is 2.14. The van der Waals surface area contributed by atoms with Crippen LogP contribution in [0.5, 0.6) is 0 Å². The number of aromatic nitrogens is 3. The van der Waals surface area contributed by atoms with Gasteiger partial charge in [0, 0.05) is 18.1 Å². The molecule has 2 aromatic heterocycles. The lowest BCUT2D eigenvalue weighted by molar-refractivity contribution is -0.136. The van der Waals surface area contributed by atoms with Crippen molar-refractivity contribution in [3.05, 3.63) is 36.3 Å². The SMILES string of the molecule is O=C(O)CCc1cnc(-c2ccccn2)[nH]1. The monoisotopic (exact) mass is 217 g/mol. The van der Waals surface area contributed by atoms with Gasteiger partial charge in [-0.1, -0.05) is 6.07 Å². The molecule has 0 aliphatic carbocycles. The van der Waals surface area contributed by atoms with Gasteiger partial charge in [-0.3, -0.25) is 9.78 Å². The molecule has 0 atom stereocenters. The molecule has 5 heteroatoms. The Morgan fingerprint density at radius 3 is 2.94 bits per heavy atom. The first kappa shape index (κ1) is 10.4. The van der Waals surface area contributed by atoms with E-state index in [4.69, 9.17) is 5.11 Å². The second-order valence-electron chi connectivity index (χ2n) is 3.37. The standard InChI is InChI=1S/C11H11N3O2/c15-10(16)5-4-8-7-13-11(14-8)9-3-1-2-6-12-9/h1-3,6-7H,4-5H2,(H,13,14)(H,15,16). The fraction of sp³-hybridized carbons (Fsp3) is 0.182. The fourth-order valence-corrected chi connectivity index (χ4v) is 1.36. The maximum atomic E-state index is 10.4. The summed E-state index contributed by atoms with van der Waals surface area (Å²) in [4.78, 5) is 21.8. The molecule has 0 saturated carbocycles. The number of H-pyrrole nitrogens is 1. The molecule has 0 aliphatic heterocycles. The predicted molar refractivity (Wildman–Crippen MR) is 57.8 cm³/mol. The Kier molecular flexibility index (Phi) is 2.95. The Morgan fingerprint density at radius 1 is 1.38 bits per heavy atom. The van der Waals surface area contributed by atoms with Gasteiger partial charge in [0.1, 0.15) is 5.69 Å². The molecular weight excluding hydrogens is 206 g/mol. The average Bonchev–Trinajstić information content (AvgIpc) is 2.76. The number of hydrogen-bond donors (Lipinski definition) is 2. The summed E-state index contributed by atoms with van der Waals surface area (Å²) in [7, 11) is 0. The molecule has 16 heavy (non-hydrogen) atoms. The van der Waals surface area contributed by atoms with Gasteiger partial charge in [0.25, 0.3) is 0 Å². The highest BCUT2D eigenvalue weighted by Crippen LogP contribution is 2.12. The zero-order chi connectivity index (χ0) is 11.4. The average molecular weight is 217 g/mol. The van der Waals surface area contributed by atoms with Gasteiger partial charge in [-0.25, -0.2) is 4.98 Å². The van der Waals surface area contributed by atoms with Crippen LogP contribution in [0.1, 0.15) is 12.1 Å². The van der Waals surface area contributed by atoms with Crippen LogP contribution in [-0.4, -0.2) is 26.0 Å². The summed E-state index contributed by atoms with van der Waals surface area (Å²) < 4.78 is 0. The molecule has 2 heterocycles. The Labute approximate surface area is 92.2 Å². The number of nitrogens with zero attached hydrogens (tertiary/aromatic N) is 2. The lowest BCUT2D eigenvalue weighted by Crippen LogP contribution is -1.97. The predicted octanol–water partition coefficient (Wildman–Crippen LogP) is 1.49. The number of aromatic amines is 1. The first-order valence-electron chi connectivity index (χ1n) is 4.93. The molecule has 5 nitrogen and oxygen atoms in total. The molecule has 0 amide bonds. The zero-order valence-corrected chi connectivity index (χ0v) is 8.55. The molecule has 2 aromatic rings. The molecule has 0 unspecified atom stereocenters. The summed E-state index contributed by atoms with van der Waals surface area (Å²) >= 11 is 0. The van der Waals surface area contributed by atoms with Crippen molar-refractivity contribution in [1.29, 1.82) is 0 Å². The van der Waals surface area contributed by atoms with Crippen molar-refractivity contribution in [2.24, 2.45) is 0 Å². The highest BCUT2D eigenvalue weighted by Gasteiger charge is 2.05. The molecule has 2 rings (SSSR count). The van der Waals surface area contributed by atoms with Crippen molar-refractivity contribution in [2.45, 2.75) is 12.8 Å². The summed E-state index contributed by atoms with van der Waals surface area (Å²) in [5, 5.41) is 8.55. The number of aliphatic carboxylic acids is 1. The summed E-state index contributed by atoms with van der Waals surface area (Å²) in [5.74, 6) is -0.144. The molecule has 0 spiro atoms. The lowest BCUT2D eigenvalue weighted by Gasteiger charge is -1.94. The quantitative estimate of drug-likeness (QED) is 0.813. The molecule has 0 fully saturated rings. The van der Waals surface area contributed by atoms with Crippen LogP contribution in [0, 0.1) is 0 Å². The van der Waals surface area contributed by atoms with Crippen LogP contribution in [-0.2, 0) is 11.2 Å². The van der Waals surface area contributed by atoms with Crippen LogP contribution in [0.15, 0.2) is 30.6 Å². The number of carbonyl (C=O) groups is 1. The van der Waals surface area contributed by atoms with E-state index in [0.717, 1.165) is 11.4 Å². The Bertz CT molecular complexity index is 479. The fourth-order valence-electron chi connectivity index (χ4n) is 1.36.